The molecule has 2 aromatic carbocycles. The molecule has 1 atom stereocenters. The molecule has 1 N–H and O–H groups in total. The Morgan fingerprint density at radius 1 is 1.00 bits per heavy atom. The van der Waals surface area contributed by atoms with E-state index in [2.05, 4.69) is 19.2 Å². The fraction of sp³-hybridized carbons (Fsp3) is 0.440. The van der Waals surface area contributed by atoms with Crippen molar-refractivity contribution < 1.29 is 19.1 Å². The molecule has 1 aliphatic heterocycles. The number of para-hydroxylation sites is 2. The lowest BCUT2D eigenvalue weighted by Gasteiger charge is -2.34. The molecule has 6 heteroatoms. The van der Waals surface area contributed by atoms with Crippen LogP contribution in [-0.2, 0) is 9.59 Å². The van der Waals surface area contributed by atoms with Gasteiger partial charge in [-0.3, -0.25) is 9.59 Å². The monoisotopic (exact) mass is 424 g/mol. The largest absolute Gasteiger partial charge is 0.484 e. The number of likely N-dealkylation sites (tertiary alicyclic amines) is 1. The minimum atomic E-state index is -0.551. The van der Waals surface area contributed by atoms with Crippen LogP contribution in [-0.4, -0.2) is 48.6 Å². The number of rotatable bonds is 8. The van der Waals surface area contributed by atoms with Gasteiger partial charge in [-0.15, -0.1) is 0 Å². The lowest BCUT2D eigenvalue weighted by molar-refractivity contribution is -0.139. The Bertz CT molecular complexity index is 861. The van der Waals surface area contributed by atoms with E-state index in [0.29, 0.717) is 24.8 Å². The molecule has 2 aromatic rings. The van der Waals surface area contributed by atoms with Crippen LogP contribution < -0.4 is 14.8 Å². The van der Waals surface area contributed by atoms with Crippen molar-refractivity contribution in [3.8, 4) is 11.5 Å². The van der Waals surface area contributed by atoms with E-state index in [-0.39, 0.29) is 24.5 Å². The fourth-order valence-electron chi connectivity index (χ4n) is 3.74. The summed E-state index contributed by atoms with van der Waals surface area (Å²) in [5.41, 5.74) is 1.10. The molecule has 1 aliphatic rings. The average Bonchev–Trinajstić information content (AvgIpc) is 2.78. The first-order valence-corrected chi connectivity index (χ1v) is 11.0. The Hall–Kier alpha value is -3.02. The molecule has 1 unspecified atom stereocenters. The third-order valence-corrected chi connectivity index (χ3v) is 5.48. The van der Waals surface area contributed by atoms with Gasteiger partial charge in [0.1, 0.15) is 11.5 Å². The number of ether oxygens (including phenoxy) is 2. The van der Waals surface area contributed by atoms with Gasteiger partial charge in [0.05, 0.1) is 0 Å². The first-order chi connectivity index (χ1) is 14.9. The van der Waals surface area contributed by atoms with E-state index in [1.54, 1.807) is 6.92 Å². The van der Waals surface area contributed by atoms with Gasteiger partial charge in [-0.2, -0.15) is 0 Å². The molecule has 1 fully saturated rings. The highest BCUT2D eigenvalue weighted by atomic mass is 16.5. The van der Waals surface area contributed by atoms with Gasteiger partial charge in [-0.05, 0) is 49.4 Å². The SMILES string of the molecule is CC(Oc1ccccc1C(C)C)C(=O)N1CCC(NC(=O)COc2ccccc2)CC1. The molecule has 3 rings (SSSR count). The minimum Gasteiger partial charge on any atom is -0.484 e. The van der Waals surface area contributed by atoms with E-state index in [9.17, 15) is 9.59 Å². The van der Waals surface area contributed by atoms with Crippen molar-refractivity contribution in [1.29, 1.82) is 0 Å². The highest BCUT2D eigenvalue weighted by molar-refractivity contribution is 5.81. The summed E-state index contributed by atoms with van der Waals surface area (Å²) in [5, 5.41) is 3.00. The highest BCUT2D eigenvalue weighted by Crippen LogP contribution is 2.27. The van der Waals surface area contributed by atoms with E-state index in [1.807, 2.05) is 59.5 Å². The van der Waals surface area contributed by atoms with E-state index < -0.39 is 6.10 Å². The van der Waals surface area contributed by atoms with Crippen molar-refractivity contribution in [1.82, 2.24) is 10.2 Å². The van der Waals surface area contributed by atoms with Gasteiger partial charge in [0.2, 0.25) is 0 Å². The second-order valence-electron chi connectivity index (χ2n) is 8.22. The summed E-state index contributed by atoms with van der Waals surface area (Å²) in [6, 6.07) is 17.2. The topological polar surface area (TPSA) is 67.9 Å². The molecule has 0 bridgehead atoms. The van der Waals surface area contributed by atoms with Crippen LogP contribution in [0.4, 0.5) is 0 Å². The molecule has 166 valence electrons. The lowest BCUT2D eigenvalue weighted by Crippen LogP contribution is -2.50. The number of hydrogen-bond donors (Lipinski definition) is 1. The predicted molar refractivity (Wildman–Crippen MR) is 120 cm³/mol. The van der Waals surface area contributed by atoms with Crippen molar-refractivity contribution >= 4 is 11.8 Å². The standard InChI is InChI=1S/C25H32N2O4/c1-18(2)22-11-7-8-12-23(22)31-19(3)25(29)27-15-13-20(14-16-27)26-24(28)17-30-21-9-5-4-6-10-21/h4-12,18-20H,13-17H2,1-3H3,(H,26,28). The molecule has 1 heterocycles. The lowest BCUT2D eigenvalue weighted by atomic mass is 10.0. The van der Waals surface area contributed by atoms with Crippen molar-refractivity contribution in [2.45, 2.75) is 51.7 Å². The zero-order chi connectivity index (χ0) is 22.2. The number of amides is 2. The van der Waals surface area contributed by atoms with Gasteiger partial charge in [0.25, 0.3) is 11.8 Å². The molecule has 2 amide bonds. The maximum absolute atomic E-state index is 12.9. The van der Waals surface area contributed by atoms with E-state index in [1.165, 1.54) is 0 Å². The Labute approximate surface area is 184 Å². The normalized spacial score (nSPS) is 15.4. The third-order valence-electron chi connectivity index (χ3n) is 5.48. The zero-order valence-electron chi connectivity index (χ0n) is 18.5. The first-order valence-electron chi connectivity index (χ1n) is 11.0. The molecular weight excluding hydrogens is 392 g/mol. The van der Waals surface area contributed by atoms with Crippen LogP contribution in [0, 0.1) is 0 Å². The Balaban J connectivity index is 1.43. The van der Waals surface area contributed by atoms with Crippen LogP contribution in [0.2, 0.25) is 0 Å². The summed E-state index contributed by atoms with van der Waals surface area (Å²) >= 11 is 0. The summed E-state index contributed by atoms with van der Waals surface area (Å²) in [6.45, 7) is 7.21. The van der Waals surface area contributed by atoms with Crippen molar-refractivity contribution in [3.05, 3.63) is 60.2 Å². The second-order valence-corrected chi connectivity index (χ2v) is 8.22. The van der Waals surface area contributed by atoms with Crippen molar-refractivity contribution in [2.24, 2.45) is 0 Å². The Morgan fingerprint density at radius 3 is 2.32 bits per heavy atom. The van der Waals surface area contributed by atoms with E-state index >= 15 is 0 Å². The molecule has 0 spiro atoms. The zero-order valence-corrected chi connectivity index (χ0v) is 18.5. The molecule has 0 saturated carbocycles. The number of piperidine rings is 1. The summed E-state index contributed by atoms with van der Waals surface area (Å²) in [4.78, 5) is 26.9. The minimum absolute atomic E-state index is 0.0106. The number of hydrogen-bond acceptors (Lipinski definition) is 4. The van der Waals surface area contributed by atoms with Gasteiger partial charge in [0, 0.05) is 19.1 Å². The van der Waals surface area contributed by atoms with E-state index in [0.717, 1.165) is 24.2 Å². The summed E-state index contributed by atoms with van der Waals surface area (Å²) in [7, 11) is 0. The Morgan fingerprint density at radius 2 is 1.65 bits per heavy atom. The number of benzene rings is 2. The molecule has 6 nitrogen and oxygen atoms in total. The average molecular weight is 425 g/mol. The maximum atomic E-state index is 12.9. The van der Waals surface area contributed by atoms with Gasteiger partial charge in [-0.1, -0.05) is 50.2 Å². The van der Waals surface area contributed by atoms with Crippen LogP contribution in [0.3, 0.4) is 0 Å². The summed E-state index contributed by atoms with van der Waals surface area (Å²) in [6.07, 6.45) is 0.890. The first kappa shape index (κ1) is 22.7. The smallest absolute Gasteiger partial charge is 0.263 e. The van der Waals surface area contributed by atoms with Crippen molar-refractivity contribution in [2.75, 3.05) is 19.7 Å². The van der Waals surface area contributed by atoms with Crippen LogP contribution in [0.15, 0.2) is 54.6 Å². The van der Waals surface area contributed by atoms with Gasteiger partial charge in [-0.25, -0.2) is 0 Å². The molecular formula is C25H32N2O4. The number of carbonyl (C=O) groups is 2. The summed E-state index contributed by atoms with van der Waals surface area (Å²) < 4.78 is 11.5. The van der Waals surface area contributed by atoms with Crippen LogP contribution in [0.25, 0.3) is 0 Å². The fourth-order valence-corrected chi connectivity index (χ4v) is 3.74. The van der Waals surface area contributed by atoms with Gasteiger partial charge < -0.3 is 19.7 Å². The van der Waals surface area contributed by atoms with Crippen LogP contribution >= 0.6 is 0 Å². The summed E-state index contributed by atoms with van der Waals surface area (Å²) in [5.74, 6) is 1.60. The second kappa shape index (κ2) is 10.8. The molecule has 0 aromatic heterocycles. The Kier molecular flexibility index (Phi) is 7.93. The quantitative estimate of drug-likeness (QED) is 0.701. The van der Waals surface area contributed by atoms with Crippen molar-refractivity contribution in [3.63, 3.8) is 0 Å². The molecule has 0 aliphatic carbocycles. The predicted octanol–water partition coefficient (Wildman–Crippen LogP) is 3.76. The van der Waals surface area contributed by atoms with Crippen LogP contribution in [0.5, 0.6) is 11.5 Å². The highest BCUT2D eigenvalue weighted by Gasteiger charge is 2.28. The number of nitrogens with zero attached hydrogens (tertiary/aromatic N) is 1. The molecule has 31 heavy (non-hydrogen) atoms. The number of carbonyl (C=O) groups excluding carboxylic acids is 2. The van der Waals surface area contributed by atoms with Crippen LogP contribution in [0.1, 0.15) is 45.1 Å². The molecule has 1 saturated heterocycles. The molecule has 0 radical (unpaired) electrons. The van der Waals surface area contributed by atoms with Gasteiger partial charge >= 0.3 is 0 Å². The third kappa shape index (κ3) is 6.48. The number of nitrogens with one attached hydrogen (secondary N) is 1. The van der Waals surface area contributed by atoms with E-state index in [4.69, 9.17) is 9.47 Å². The maximum Gasteiger partial charge on any atom is 0.263 e. The van der Waals surface area contributed by atoms with Gasteiger partial charge in [0.15, 0.2) is 12.7 Å².